The minimum atomic E-state index is 0.362. The van der Waals surface area contributed by atoms with Crippen LogP contribution in [0.2, 0.25) is 0 Å². The Morgan fingerprint density at radius 2 is 1.95 bits per heavy atom. The Hall–Kier alpha value is -1.57. The first-order chi connectivity index (χ1) is 10.3. The number of allylic oxidation sites excluding steroid dienone is 1. The zero-order valence-electron chi connectivity index (χ0n) is 12.8. The van der Waals surface area contributed by atoms with E-state index in [1.165, 1.54) is 32.1 Å². The molecule has 0 spiro atoms. The highest BCUT2D eigenvalue weighted by molar-refractivity contribution is 6.00. The molecule has 0 aliphatic heterocycles. The lowest BCUT2D eigenvalue weighted by molar-refractivity contribution is -0.118. The summed E-state index contributed by atoms with van der Waals surface area (Å²) in [5.41, 5.74) is 2.06. The largest absolute Gasteiger partial charge is 0.497 e. The minimum Gasteiger partial charge on any atom is -0.497 e. The average molecular weight is 284 g/mol. The van der Waals surface area contributed by atoms with Crippen LogP contribution in [-0.2, 0) is 4.79 Å². The van der Waals surface area contributed by atoms with E-state index < -0.39 is 0 Å². The zero-order valence-corrected chi connectivity index (χ0v) is 12.8. The molecule has 0 saturated heterocycles. The van der Waals surface area contributed by atoms with Crippen molar-refractivity contribution in [2.75, 3.05) is 7.11 Å². The number of carbonyl (C=O) groups excluding carboxylic acids is 1. The number of hydrogen-bond donors (Lipinski definition) is 0. The molecule has 1 aromatic rings. The number of ether oxygens (including phenoxy) is 1. The first-order valence-electron chi connectivity index (χ1n) is 8.14. The third-order valence-corrected chi connectivity index (χ3v) is 5.09. The lowest BCUT2D eigenvalue weighted by atomic mass is 9.76. The highest BCUT2D eigenvalue weighted by atomic mass is 16.5. The van der Waals surface area contributed by atoms with Crippen molar-refractivity contribution < 1.29 is 9.53 Å². The van der Waals surface area contributed by atoms with Crippen molar-refractivity contribution in [2.45, 2.75) is 44.9 Å². The maximum absolute atomic E-state index is 12.4. The van der Waals surface area contributed by atoms with Crippen LogP contribution in [0.5, 0.6) is 5.75 Å². The van der Waals surface area contributed by atoms with E-state index in [9.17, 15) is 4.79 Å². The molecule has 0 amide bonds. The van der Waals surface area contributed by atoms with Crippen molar-refractivity contribution in [3.63, 3.8) is 0 Å². The summed E-state index contributed by atoms with van der Waals surface area (Å²) in [6.07, 6.45) is 10.4. The Balaban J connectivity index is 1.69. The van der Waals surface area contributed by atoms with Crippen molar-refractivity contribution in [2.24, 2.45) is 11.8 Å². The van der Waals surface area contributed by atoms with Crippen LogP contribution in [0.4, 0.5) is 0 Å². The lowest BCUT2D eigenvalue weighted by Crippen LogP contribution is -2.22. The van der Waals surface area contributed by atoms with E-state index in [0.29, 0.717) is 11.7 Å². The number of methoxy groups -OCH3 is 1. The monoisotopic (exact) mass is 284 g/mol. The van der Waals surface area contributed by atoms with Gasteiger partial charge in [0.25, 0.3) is 0 Å². The van der Waals surface area contributed by atoms with Gasteiger partial charge in [0, 0.05) is 6.42 Å². The van der Waals surface area contributed by atoms with Crippen LogP contribution in [0.1, 0.15) is 50.5 Å². The molecule has 2 fully saturated rings. The summed E-state index contributed by atoms with van der Waals surface area (Å²) in [4.78, 5) is 12.4. The van der Waals surface area contributed by atoms with Crippen LogP contribution in [0.15, 0.2) is 29.8 Å². The molecule has 2 heteroatoms. The predicted octanol–water partition coefficient (Wildman–Crippen LogP) is 4.64. The maximum Gasteiger partial charge on any atom is 0.159 e. The first kappa shape index (κ1) is 14.4. The Morgan fingerprint density at radius 1 is 1.14 bits per heavy atom. The van der Waals surface area contributed by atoms with E-state index >= 15 is 0 Å². The molecule has 112 valence electrons. The quantitative estimate of drug-likeness (QED) is 0.756. The summed E-state index contributed by atoms with van der Waals surface area (Å²) >= 11 is 0. The Kier molecular flexibility index (Phi) is 4.42. The van der Waals surface area contributed by atoms with Gasteiger partial charge in [-0.15, -0.1) is 0 Å². The molecule has 0 aromatic heterocycles. The van der Waals surface area contributed by atoms with Gasteiger partial charge in [-0.2, -0.15) is 0 Å². The Bertz CT molecular complexity index is 538. The second kappa shape index (κ2) is 6.46. The fraction of sp³-hybridized carbons (Fsp3) is 0.526. The number of carbonyl (C=O) groups is 1. The zero-order chi connectivity index (χ0) is 14.7. The van der Waals surface area contributed by atoms with Crippen LogP contribution in [-0.4, -0.2) is 12.9 Å². The van der Waals surface area contributed by atoms with Gasteiger partial charge in [0.05, 0.1) is 7.11 Å². The number of ketones is 1. The molecular formula is C19H24O2. The molecule has 1 aromatic carbocycles. The van der Waals surface area contributed by atoms with E-state index in [1.54, 1.807) is 7.11 Å². The highest BCUT2D eigenvalue weighted by Gasteiger charge is 2.31. The highest BCUT2D eigenvalue weighted by Crippen LogP contribution is 2.39. The second-order valence-corrected chi connectivity index (χ2v) is 6.42. The van der Waals surface area contributed by atoms with Gasteiger partial charge in [-0.05, 0) is 54.0 Å². The van der Waals surface area contributed by atoms with Crippen molar-refractivity contribution in [3.8, 4) is 5.75 Å². The normalized spacial score (nSPS) is 25.5. The van der Waals surface area contributed by atoms with Crippen molar-refractivity contribution in [1.82, 2.24) is 0 Å². The standard InChI is InChI=1S/C19H24O2/c1-21-18-8-4-5-14(12-18)11-17-10-9-16(13-19(17)20)15-6-2-3-7-15/h4-5,8,11-12,15-16H,2-3,6-7,9-10,13H2,1H3/b17-11-. The fourth-order valence-electron chi connectivity index (χ4n) is 3.87. The topological polar surface area (TPSA) is 26.3 Å². The summed E-state index contributed by atoms with van der Waals surface area (Å²) < 4.78 is 5.24. The van der Waals surface area contributed by atoms with Gasteiger partial charge < -0.3 is 4.74 Å². The van der Waals surface area contributed by atoms with Crippen molar-refractivity contribution in [3.05, 3.63) is 35.4 Å². The van der Waals surface area contributed by atoms with Crippen LogP contribution in [0.25, 0.3) is 6.08 Å². The lowest BCUT2D eigenvalue weighted by Gasteiger charge is -2.27. The summed E-state index contributed by atoms with van der Waals surface area (Å²) in [5.74, 6) is 2.66. The Labute approximate surface area is 127 Å². The molecule has 2 aliphatic carbocycles. The number of rotatable bonds is 3. The first-order valence-corrected chi connectivity index (χ1v) is 8.14. The summed E-state index contributed by atoms with van der Waals surface area (Å²) in [5, 5.41) is 0. The van der Waals surface area contributed by atoms with E-state index in [0.717, 1.165) is 35.6 Å². The third-order valence-electron chi connectivity index (χ3n) is 5.09. The fourth-order valence-corrected chi connectivity index (χ4v) is 3.87. The third kappa shape index (κ3) is 3.37. The molecular weight excluding hydrogens is 260 g/mol. The van der Waals surface area contributed by atoms with Crippen molar-refractivity contribution >= 4 is 11.9 Å². The van der Waals surface area contributed by atoms with Crippen LogP contribution in [0.3, 0.4) is 0 Å². The number of Topliss-reactive ketones (excluding diaryl/α,β-unsaturated/α-hetero) is 1. The molecule has 1 unspecified atom stereocenters. The summed E-state index contributed by atoms with van der Waals surface area (Å²) in [6, 6.07) is 7.93. The van der Waals surface area contributed by atoms with E-state index in [-0.39, 0.29) is 0 Å². The Morgan fingerprint density at radius 3 is 2.67 bits per heavy atom. The maximum atomic E-state index is 12.4. The molecule has 3 rings (SSSR count). The summed E-state index contributed by atoms with van der Waals surface area (Å²) in [7, 11) is 1.67. The van der Waals surface area contributed by atoms with Crippen LogP contribution >= 0.6 is 0 Å². The smallest absolute Gasteiger partial charge is 0.159 e. The SMILES string of the molecule is COc1cccc(/C=C2/CCC(C3CCCC3)CC2=O)c1. The minimum absolute atomic E-state index is 0.362. The second-order valence-electron chi connectivity index (χ2n) is 6.42. The molecule has 2 nitrogen and oxygen atoms in total. The molecule has 0 N–H and O–H groups in total. The van der Waals surface area contributed by atoms with Gasteiger partial charge in [-0.3, -0.25) is 4.79 Å². The average Bonchev–Trinajstić information content (AvgIpc) is 3.04. The molecule has 21 heavy (non-hydrogen) atoms. The van der Waals surface area contributed by atoms with Crippen LogP contribution in [0, 0.1) is 11.8 Å². The van der Waals surface area contributed by atoms with E-state index in [4.69, 9.17) is 4.74 Å². The number of benzene rings is 1. The molecule has 2 saturated carbocycles. The summed E-state index contributed by atoms with van der Waals surface area (Å²) in [6.45, 7) is 0. The van der Waals surface area contributed by atoms with Crippen molar-refractivity contribution in [1.29, 1.82) is 0 Å². The predicted molar refractivity (Wildman–Crippen MR) is 85.3 cm³/mol. The number of hydrogen-bond acceptors (Lipinski definition) is 2. The van der Waals surface area contributed by atoms with Gasteiger partial charge in [0.2, 0.25) is 0 Å². The van der Waals surface area contributed by atoms with Crippen LogP contribution < -0.4 is 4.74 Å². The van der Waals surface area contributed by atoms with Gasteiger partial charge in [-0.1, -0.05) is 37.8 Å². The van der Waals surface area contributed by atoms with E-state index in [2.05, 4.69) is 6.08 Å². The molecule has 0 radical (unpaired) electrons. The van der Waals surface area contributed by atoms with Gasteiger partial charge in [0.15, 0.2) is 5.78 Å². The van der Waals surface area contributed by atoms with Gasteiger partial charge in [-0.25, -0.2) is 0 Å². The van der Waals surface area contributed by atoms with Gasteiger partial charge in [0.1, 0.15) is 5.75 Å². The molecule has 0 heterocycles. The molecule has 0 bridgehead atoms. The molecule has 1 atom stereocenters. The van der Waals surface area contributed by atoms with E-state index in [1.807, 2.05) is 24.3 Å². The molecule has 2 aliphatic rings. The van der Waals surface area contributed by atoms with Gasteiger partial charge >= 0.3 is 0 Å².